The number of halogens is 3. The third kappa shape index (κ3) is 4.35. The predicted molar refractivity (Wildman–Crippen MR) is 109 cm³/mol. The minimum absolute atomic E-state index is 0.000778. The van der Waals surface area contributed by atoms with Crippen molar-refractivity contribution in [3.05, 3.63) is 71.3 Å². The Morgan fingerprint density at radius 3 is 2.22 bits per heavy atom. The summed E-state index contributed by atoms with van der Waals surface area (Å²) in [6.07, 6.45) is -3.69. The number of nitrogens with zero attached hydrogens (tertiary/aromatic N) is 2. The lowest BCUT2D eigenvalue weighted by molar-refractivity contribution is -0.144. The molecule has 0 aliphatic carbocycles. The molecule has 1 spiro atoms. The number of carboxylic acid groups (broad SMARTS) is 1. The largest absolute Gasteiger partial charge is 0.480 e. The molecule has 1 N–H and O–H groups in total. The maximum absolute atomic E-state index is 13.3. The summed E-state index contributed by atoms with van der Waals surface area (Å²) in [5.41, 5.74) is -0.807. The van der Waals surface area contributed by atoms with Crippen LogP contribution in [0.15, 0.2) is 54.6 Å². The van der Waals surface area contributed by atoms with Gasteiger partial charge in [-0.2, -0.15) is 13.2 Å². The molecule has 0 bridgehead atoms. The molecule has 0 radical (unpaired) electrons. The Bertz CT molecular complexity index is 971. The zero-order valence-corrected chi connectivity index (χ0v) is 17.2. The van der Waals surface area contributed by atoms with E-state index < -0.39 is 35.4 Å². The third-order valence-corrected chi connectivity index (χ3v) is 6.11. The van der Waals surface area contributed by atoms with Gasteiger partial charge in [0.2, 0.25) is 0 Å². The SMILES string of the molecule is O=C(O)[C@@H]1COC2(CCN(Cc3ccccc3)CC2)N1C(=O)c1ccc(C(F)(F)F)cc1. The van der Waals surface area contributed by atoms with E-state index in [1.165, 1.54) is 4.90 Å². The van der Waals surface area contributed by atoms with E-state index in [0.29, 0.717) is 25.9 Å². The first kappa shape index (κ1) is 22.3. The average molecular weight is 448 g/mol. The molecule has 4 rings (SSSR count). The summed E-state index contributed by atoms with van der Waals surface area (Å²) in [7, 11) is 0. The van der Waals surface area contributed by atoms with Crippen LogP contribution in [-0.2, 0) is 22.3 Å². The molecule has 0 aromatic heterocycles. The number of carbonyl (C=O) groups is 2. The number of alkyl halides is 3. The molecule has 9 heteroatoms. The van der Waals surface area contributed by atoms with Crippen LogP contribution in [0.1, 0.15) is 34.3 Å². The number of likely N-dealkylation sites (tertiary alicyclic amines) is 1. The van der Waals surface area contributed by atoms with Gasteiger partial charge in [-0.15, -0.1) is 0 Å². The van der Waals surface area contributed by atoms with E-state index >= 15 is 0 Å². The van der Waals surface area contributed by atoms with E-state index in [2.05, 4.69) is 4.90 Å². The summed E-state index contributed by atoms with van der Waals surface area (Å²) < 4.78 is 44.5. The molecule has 32 heavy (non-hydrogen) atoms. The Morgan fingerprint density at radius 2 is 1.66 bits per heavy atom. The maximum atomic E-state index is 13.3. The van der Waals surface area contributed by atoms with Crippen molar-refractivity contribution in [2.24, 2.45) is 0 Å². The van der Waals surface area contributed by atoms with Crippen molar-refractivity contribution in [2.45, 2.75) is 37.3 Å². The molecule has 0 unspecified atom stereocenters. The molecule has 0 saturated carbocycles. The molecule has 2 fully saturated rings. The number of carboxylic acids is 1. The number of rotatable bonds is 4. The van der Waals surface area contributed by atoms with Crippen molar-refractivity contribution in [2.75, 3.05) is 19.7 Å². The number of benzene rings is 2. The van der Waals surface area contributed by atoms with Crippen LogP contribution >= 0.6 is 0 Å². The predicted octanol–water partition coefficient (Wildman–Crippen LogP) is 3.62. The van der Waals surface area contributed by atoms with Gasteiger partial charge in [0.15, 0.2) is 6.04 Å². The van der Waals surface area contributed by atoms with Crippen molar-refractivity contribution in [3.8, 4) is 0 Å². The van der Waals surface area contributed by atoms with Gasteiger partial charge in [-0.05, 0) is 29.8 Å². The Balaban J connectivity index is 1.53. The molecular formula is C23H23F3N2O4. The second-order valence-corrected chi connectivity index (χ2v) is 8.12. The minimum atomic E-state index is -4.52. The van der Waals surface area contributed by atoms with Gasteiger partial charge < -0.3 is 9.84 Å². The summed E-state index contributed by atoms with van der Waals surface area (Å²) in [6.45, 7) is 1.77. The highest BCUT2D eigenvalue weighted by atomic mass is 19.4. The van der Waals surface area contributed by atoms with Crippen LogP contribution in [0.2, 0.25) is 0 Å². The van der Waals surface area contributed by atoms with Crippen LogP contribution in [0.3, 0.4) is 0 Å². The monoisotopic (exact) mass is 448 g/mol. The van der Waals surface area contributed by atoms with Gasteiger partial charge in [0.1, 0.15) is 5.72 Å². The van der Waals surface area contributed by atoms with Gasteiger partial charge in [-0.1, -0.05) is 30.3 Å². The van der Waals surface area contributed by atoms with Gasteiger partial charge in [0, 0.05) is 38.0 Å². The van der Waals surface area contributed by atoms with Gasteiger partial charge >= 0.3 is 12.1 Å². The lowest BCUT2D eigenvalue weighted by Crippen LogP contribution is -2.58. The first-order chi connectivity index (χ1) is 15.2. The average Bonchev–Trinajstić information content (AvgIpc) is 3.14. The fraction of sp³-hybridized carbons (Fsp3) is 0.391. The summed E-state index contributed by atoms with van der Waals surface area (Å²) in [5, 5.41) is 9.66. The molecule has 2 heterocycles. The number of amides is 1. The molecule has 2 aliphatic rings. The quantitative estimate of drug-likeness (QED) is 0.774. The molecular weight excluding hydrogens is 425 g/mol. The van der Waals surface area contributed by atoms with E-state index in [9.17, 15) is 27.9 Å². The molecule has 6 nitrogen and oxygen atoms in total. The van der Waals surface area contributed by atoms with Gasteiger partial charge in [-0.25, -0.2) is 4.79 Å². The number of hydrogen-bond acceptors (Lipinski definition) is 4. The van der Waals surface area contributed by atoms with Crippen molar-refractivity contribution in [1.82, 2.24) is 9.80 Å². The first-order valence-electron chi connectivity index (χ1n) is 10.3. The van der Waals surface area contributed by atoms with E-state index in [1.807, 2.05) is 30.3 Å². The zero-order chi connectivity index (χ0) is 22.9. The number of piperidine rings is 1. The van der Waals surface area contributed by atoms with Crippen LogP contribution < -0.4 is 0 Å². The lowest BCUT2D eigenvalue weighted by Gasteiger charge is -2.44. The molecule has 170 valence electrons. The van der Waals surface area contributed by atoms with Crippen molar-refractivity contribution in [3.63, 3.8) is 0 Å². The maximum Gasteiger partial charge on any atom is 0.416 e. The summed E-state index contributed by atoms with van der Waals surface area (Å²) in [5.74, 6) is -1.84. The second kappa shape index (κ2) is 8.55. The summed E-state index contributed by atoms with van der Waals surface area (Å²) in [6, 6.07) is 12.6. The normalized spacial score (nSPS) is 21.1. The first-order valence-corrected chi connectivity index (χ1v) is 10.3. The molecule has 2 aromatic rings. The van der Waals surface area contributed by atoms with Crippen molar-refractivity contribution >= 4 is 11.9 Å². The van der Waals surface area contributed by atoms with Gasteiger partial charge in [-0.3, -0.25) is 14.6 Å². The number of aliphatic carboxylic acids is 1. The highest BCUT2D eigenvalue weighted by Crippen LogP contribution is 2.39. The molecule has 1 atom stereocenters. The number of hydrogen-bond donors (Lipinski definition) is 1. The van der Waals surface area contributed by atoms with E-state index in [1.54, 1.807) is 0 Å². The van der Waals surface area contributed by atoms with Crippen LogP contribution in [-0.4, -0.2) is 58.2 Å². The van der Waals surface area contributed by atoms with E-state index in [4.69, 9.17) is 4.74 Å². The highest BCUT2D eigenvalue weighted by molar-refractivity contribution is 5.97. The van der Waals surface area contributed by atoms with Crippen molar-refractivity contribution in [1.29, 1.82) is 0 Å². The Morgan fingerprint density at radius 1 is 1.03 bits per heavy atom. The van der Waals surface area contributed by atoms with Crippen molar-refractivity contribution < 1.29 is 32.6 Å². The molecule has 2 saturated heterocycles. The van der Waals surface area contributed by atoms with Crippen LogP contribution in [0.4, 0.5) is 13.2 Å². The highest BCUT2D eigenvalue weighted by Gasteiger charge is 2.54. The molecule has 2 aromatic carbocycles. The Kier molecular flexibility index (Phi) is 5.96. The van der Waals surface area contributed by atoms with Crippen LogP contribution in [0.5, 0.6) is 0 Å². The smallest absolute Gasteiger partial charge is 0.416 e. The lowest BCUT2D eigenvalue weighted by atomic mass is 9.96. The van der Waals surface area contributed by atoms with Gasteiger partial charge in [0.05, 0.1) is 12.2 Å². The van der Waals surface area contributed by atoms with Crippen LogP contribution in [0, 0.1) is 0 Å². The fourth-order valence-corrected chi connectivity index (χ4v) is 4.40. The molecule has 1 amide bonds. The standard InChI is InChI=1S/C23H23F3N2O4/c24-23(25,26)18-8-6-17(7-9-18)20(29)28-19(21(30)31)15-32-22(28)10-12-27(13-11-22)14-16-4-2-1-3-5-16/h1-9,19H,10-15H2,(H,30,31)/t19-/m0/s1. The summed E-state index contributed by atoms with van der Waals surface area (Å²) >= 11 is 0. The molecule has 2 aliphatic heterocycles. The second-order valence-electron chi connectivity index (χ2n) is 8.12. The summed E-state index contributed by atoms with van der Waals surface area (Å²) in [4.78, 5) is 28.5. The topological polar surface area (TPSA) is 70.1 Å². The third-order valence-electron chi connectivity index (χ3n) is 6.11. The zero-order valence-electron chi connectivity index (χ0n) is 17.2. The van der Waals surface area contributed by atoms with Crippen LogP contribution in [0.25, 0.3) is 0 Å². The van der Waals surface area contributed by atoms with E-state index in [-0.39, 0.29) is 12.2 Å². The Hall–Kier alpha value is -2.91. The van der Waals surface area contributed by atoms with E-state index in [0.717, 1.165) is 36.4 Å². The number of carbonyl (C=O) groups excluding carboxylic acids is 1. The fourth-order valence-electron chi connectivity index (χ4n) is 4.40. The van der Waals surface area contributed by atoms with Gasteiger partial charge in [0.25, 0.3) is 5.91 Å². The minimum Gasteiger partial charge on any atom is -0.480 e. The Labute approximate surface area is 183 Å². The number of ether oxygens (including phenoxy) is 1.